The van der Waals surface area contributed by atoms with Crippen LogP contribution in [-0.2, 0) is 20.2 Å². The number of anilines is 2. The summed E-state index contributed by atoms with van der Waals surface area (Å²) in [6.45, 7) is 3.03. The van der Waals surface area contributed by atoms with Gasteiger partial charge in [-0.3, -0.25) is 14.2 Å². The Labute approximate surface area is 265 Å². The number of amides is 2. The second-order valence-corrected chi connectivity index (χ2v) is 12.6. The molecule has 0 bridgehead atoms. The van der Waals surface area contributed by atoms with Gasteiger partial charge in [0.25, 0.3) is 11.8 Å². The summed E-state index contributed by atoms with van der Waals surface area (Å²) in [4.78, 5) is 39.4. The van der Waals surface area contributed by atoms with Crippen LogP contribution in [0.5, 0.6) is 0 Å². The summed E-state index contributed by atoms with van der Waals surface area (Å²) in [5.74, 6) is -3.40. The number of nitrogens with zero attached hydrogens (tertiary/aromatic N) is 2. The number of hydrogen-bond donors (Lipinski definition) is 2. The van der Waals surface area contributed by atoms with Crippen LogP contribution in [-0.4, -0.2) is 34.2 Å². The molecule has 246 valence electrons. The zero-order valence-corrected chi connectivity index (χ0v) is 26.4. The van der Waals surface area contributed by atoms with Gasteiger partial charge in [-0.25, -0.2) is 4.39 Å². The van der Waals surface area contributed by atoms with Crippen LogP contribution in [0.2, 0.25) is 0 Å². The van der Waals surface area contributed by atoms with Crippen molar-refractivity contribution in [2.24, 2.45) is 5.92 Å². The number of piperidine rings is 1. The van der Waals surface area contributed by atoms with Gasteiger partial charge in [-0.15, -0.1) is 0 Å². The van der Waals surface area contributed by atoms with E-state index in [1.165, 1.54) is 30.0 Å². The summed E-state index contributed by atoms with van der Waals surface area (Å²) >= 11 is 0. The molecule has 1 aliphatic carbocycles. The molecule has 1 unspecified atom stereocenters. The minimum absolute atomic E-state index is 0.112. The monoisotopic (exact) mass is 661 g/mol. The van der Waals surface area contributed by atoms with Crippen LogP contribution in [0.3, 0.4) is 0 Å². The lowest BCUT2D eigenvalue weighted by molar-refractivity contribution is -0.138. The van der Waals surface area contributed by atoms with Crippen molar-refractivity contribution in [1.82, 2.24) is 4.90 Å². The minimum atomic E-state index is -4.76. The molecule has 0 radical (unpaired) electrons. The van der Waals surface area contributed by atoms with Gasteiger partial charge in [-0.1, -0.05) is 43.2 Å². The first-order valence-electron chi connectivity index (χ1n) is 15.2. The second-order valence-electron chi connectivity index (χ2n) is 11.9. The van der Waals surface area contributed by atoms with Gasteiger partial charge >= 0.3 is 14.4 Å². The molecule has 3 aromatic rings. The third-order valence-corrected chi connectivity index (χ3v) is 9.09. The maximum absolute atomic E-state index is 15.0. The van der Waals surface area contributed by atoms with Gasteiger partial charge in [-0.2, -0.15) is 22.9 Å². The van der Waals surface area contributed by atoms with Crippen molar-refractivity contribution < 1.29 is 41.2 Å². The highest BCUT2D eigenvalue weighted by Crippen LogP contribution is 2.42. The Kier molecular flexibility index (Phi) is 10.2. The summed E-state index contributed by atoms with van der Waals surface area (Å²) in [7, 11) is -3.87. The van der Waals surface area contributed by atoms with E-state index in [0.717, 1.165) is 37.4 Å². The number of likely N-dealkylation sites (tertiary alicyclic amines) is 1. The Morgan fingerprint density at radius 1 is 0.978 bits per heavy atom. The molecule has 3 aromatic carbocycles. The van der Waals surface area contributed by atoms with Crippen LogP contribution in [0.4, 0.5) is 28.9 Å². The maximum atomic E-state index is 15.0. The minimum Gasteiger partial charge on any atom is -0.382 e. The van der Waals surface area contributed by atoms with Gasteiger partial charge in [0.15, 0.2) is 0 Å². The fourth-order valence-corrected chi connectivity index (χ4v) is 6.87. The molecule has 13 heteroatoms. The first-order valence-corrected chi connectivity index (χ1v) is 16.5. The highest BCUT2D eigenvalue weighted by molar-refractivity contribution is 7.32. The number of hydrogen-bond acceptors (Lipinski definition) is 5. The average molecular weight is 662 g/mol. The van der Waals surface area contributed by atoms with Crippen molar-refractivity contribution in [3.05, 3.63) is 94.3 Å². The van der Waals surface area contributed by atoms with Crippen molar-refractivity contribution in [3.8, 4) is 0 Å². The molecule has 46 heavy (non-hydrogen) atoms. The Hall–Kier alpha value is -3.73. The van der Waals surface area contributed by atoms with Gasteiger partial charge in [-0.05, 0) is 86.6 Å². The van der Waals surface area contributed by atoms with E-state index < -0.39 is 55.3 Å². The van der Waals surface area contributed by atoms with Gasteiger partial charge in [0.05, 0.1) is 28.8 Å². The lowest BCUT2D eigenvalue weighted by atomic mass is 9.83. The van der Waals surface area contributed by atoms with Crippen molar-refractivity contribution in [2.75, 3.05) is 16.9 Å². The number of halogens is 4. The number of alkyl halides is 3. The molecule has 0 aromatic heterocycles. The van der Waals surface area contributed by atoms with E-state index in [0.29, 0.717) is 34.7 Å². The summed E-state index contributed by atoms with van der Waals surface area (Å²) < 4.78 is 73.3. The molecule has 1 saturated heterocycles. The van der Waals surface area contributed by atoms with E-state index in [1.54, 1.807) is 25.1 Å². The van der Waals surface area contributed by atoms with Gasteiger partial charge in [0, 0.05) is 18.3 Å². The van der Waals surface area contributed by atoms with Crippen LogP contribution >= 0.6 is 8.25 Å². The fourth-order valence-electron chi connectivity index (χ4n) is 6.52. The highest BCUT2D eigenvalue weighted by atomic mass is 31.1. The Bertz CT molecular complexity index is 1590. The topological polar surface area (TPSA) is 99.2 Å². The quantitative estimate of drug-likeness (QED) is 0.146. The lowest BCUT2D eigenvalue weighted by Crippen LogP contribution is -2.49. The molecule has 8 nitrogen and oxygen atoms in total. The predicted octanol–water partition coefficient (Wildman–Crippen LogP) is 7.76. The van der Waals surface area contributed by atoms with Crippen LogP contribution in [0.15, 0.2) is 60.7 Å². The van der Waals surface area contributed by atoms with E-state index in [9.17, 15) is 32.2 Å². The van der Waals surface area contributed by atoms with E-state index >= 15 is 4.39 Å². The summed E-state index contributed by atoms with van der Waals surface area (Å²) in [6.07, 6.45) is 0.0831. The molecule has 3 atom stereocenters. The number of aryl methyl sites for hydroxylation is 2. The van der Waals surface area contributed by atoms with Gasteiger partial charge in [0.2, 0.25) is 0 Å². The van der Waals surface area contributed by atoms with E-state index in [-0.39, 0.29) is 24.1 Å². The smallest absolute Gasteiger partial charge is 0.382 e. The molecule has 2 amide bonds. The van der Waals surface area contributed by atoms with Gasteiger partial charge in [0.1, 0.15) is 5.82 Å². The first kappa shape index (κ1) is 33.6. The molecular formula is C33H36F4N3O5P. The number of carbonyl (C=O) groups excluding carboxylic acids is 2. The molecule has 5 rings (SSSR count). The summed E-state index contributed by atoms with van der Waals surface area (Å²) in [5.41, 5.74) is 0.0896. The third kappa shape index (κ3) is 7.29. The number of hydroxylamine groups is 1. The second kappa shape index (κ2) is 13.9. The Morgan fingerprint density at radius 2 is 1.67 bits per heavy atom. The Balaban J connectivity index is 1.57. The molecular weight excluding hydrogens is 625 g/mol. The standard InChI is InChI=1S/C33H36F4N3O5P/c1-20-12-17-25(19-27(20)33(35,36)37)40(45-46(43)44)31(41)26-10-6-18-39(32(42)29-21(2)7-5-11-28(29)34)30(26)22-13-15-24(16-14-22)38-23-8-3-4-9-23/h5,7,11-17,19,23,26,30,38,46H,3-4,6,8-10,18H2,1-2H3,(H,43,44)/t26-,30-/m0/s1. The lowest BCUT2D eigenvalue weighted by Gasteiger charge is -2.42. The predicted molar refractivity (Wildman–Crippen MR) is 166 cm³/mol. The zero-order valence-electron chi connectivity index (χ0n) is 25.4. The third-order valence-electron chi connectivity index (χ3n) is 8.75. The summed E-state index contributed by atoms with van der Waals surface area (Å²) in [5, 5.41) is 3.91. The van der Waals surface area contributed by atoms with Crippen molar-refractivity contribution >= 4 is 31.4 Å². The molecule has 2 fully saturated rings. The van der Waals surface area contributed by atoms with Crippen molar-refractivity contribution in [1.29, 1.82) is 0 Å². The van der Waals surface area contributed by atoms with E-state index in [2.05, 4.69) is 5.32 Å². The molecule has 2 N–H and O–H groups in total. The maximum Gasteiger partial charge on any atom is 0.416 e. The largest absolute Gasteiger partial charge is 0.416 e. The van der Waals surface area contributed by atoms with Gasteiger partial charge < -0.3 is 15.1 Å². The van der Waals surface area contributed by atoms with Crippen LogP contribution in [0, 0.1) is 25.6 Å². The first-order chi connectivity index (χ1) is 21.8. The van der Waals surface area contributed by atoms with Crippen LogP contribution in [0.1, 0.15) is 77.2 Å². The SMILES string of the molecule is Cc1ccc(N(O[PH](=O)O)C(=O)[C@H]2CCCN(C(=O)c3c(C)cccc3F)[C@H]2c2ccc(NC3CCCC3)cc2)cc1C(F)(F)F. The van der Waals surface area contributed by atoms with E-state index in [4.69, 9.17) is 4.62 Å². The van der Waals surface area contributed by atoms with E-state index in [1.807, 2.05) is 12.1 Å². The fraction of sp³-hybridized carbons (Fsp3) is 0.394. The van der Waals surface area contributed by atoms with Crippen molar-refractivity contribution in [2.45, 2.75) is 70.6 Å². The average Bonchev–Trinajstić information content (AvgIpc) is 3.52. The molecule has 1 saturated carbocycles. The van der Waals surface area contributed by atoms with Crippen LogP contribution < -0.4 is 10.4 Å². The number of nitrogens with one attached hydrogen (secondary N) is 1. The van der Waals surface area contributed by atoms with Crippen molar-refractivity contribution in [3.63, 3.8) is 0 Å². The molecule has 2 aliphatic rings. The number of rotatable bonds is 8. The molecule has 1 aliphatic heterocycles. The highest BCUT2D eigenvalue weighted by Gasteiger charge is 2.43. The Morgan fingerprint density at radius 3 is 2.30 bits per heavy atom. The zero-order chi connectivity index (χ0) is 33.2. The number of carbonyl (C=O) groups is 2. The number of benzene rings is 3. The van der Waals surface area contributed by atoms with Crippen LogP contribution in [0.25, 0.3) is 0 Å². The summed E-state index contributed by atoms with van der Waals surface area (Å²) in [6, 6.07) is 13.8. The molecule has 1 heterocycles. The normalized spacial score (nSPS) is 19.6. The molecule has 0 spiro atoms.